The maximum atomic E-state index is 13.1. The van der Waals surface area contributed by atoms with Gasteiger partial charge in [0, 0.05) is 13.0 Å². The third-order valence-electron chi connectivity index (χ3n) is 13.6. The lowest BCUT2D eigenvalue weighted by Crippen LogP contribution is -2.61. The lowest BCUT2D eigenvalue weighted by Gasteiger charge is -2.42. The standard InChI is InChI=1S/C58H104O14/c1-3-5-7-9-11-13-15-17-19-21-22-23-24-25-26-27-29-31-33-35-37-39-41-50(60)70-47(44-67-42-40-38-36-34-32-30-28-20-18-16-14-12-10-8-6-4-2)45-68-57-56(66)54(64)52(62)49(72-57)46-69-58-55(65)53(63)51(61)48(43-59)71-58/h6,8,12,14,18,20,30,32,47-49,51-59,61-66H,3-5,7,9-11,13,15-17,19,21-29,31,33-46H2,1-2H3/b8-6-,14-12-,20-18-,32-30-. The van der Waals surface area contributed by atoms with Crippen molar-refractivity contribution in [2.75, 3.05) is 33.0 Å². The lowest BCUT2D eigenvalue weighted by molar-refractivity contribution is -0.332. The molecule has 11 atom stereocenters. The Hall–Kier alpha value is -2.05. The van der Waals surface area contributed by atoms with Crippen LogP contribution < -0.4 is 0 Å². The van der Waals surface area contributed by atoms with E-state index in [4.69, 9.17) is 28.4 Å². The van der Waals surface area contributed by atoms with Crippen molar-refractivity contribution in [1.29, 1.82) is 0 Å². The first-order valence-corrected chi connectivity index (χ1v) is 28.7. The van der Waals surface area contributed by atoms with Crippen LogP contribution in [0.1, 0.15) is 213 Å². The SMILES string of the molecule is CC/C=C\C/C=C\C/C=C\C/C=C\CCCCCOCC(COC1OC(COC2OC(CO)C(O)C(O)C2O)C(O)C(O)C1O)OC(=O)CCCCCCCCCCCCCCCCCCCCCCCC. The van der Waals surface area contributed by atoms with Crippen LogP contribution in [-0.2, 0) is 33.2 Å². The second-order valence-electron chi connectivity index (χ2n) is 20.1. The monoisotopic (exact) mass is 1020 g/mol. The van der Waals surface area contributed by atoms with Crippen LogP contribution in [0.5, 0.6) is 0 Å². The minimum atomic E-state index is -1.71. The Morgan fingerprint density at radius 1 is 0.472 bits per heavy atom. The number of aliphatic hydroxyl groups is 7. The van der Waals surface area contributed by atoms with Crippen LogP contribution in [0.4, 0.5) is 0 Å². The van der Waals surface area contributed by atoms with Crippen LogP contribution in [0.2, 0.25) is 0 Å². The van der Waals surface area contributed by atoms with E-state index in [1.165, 1.54) is 116 Å². The van der Waals surface area contributed by atoms with Crippen molar-refractivity contribution in [3.8, 4) is 0 Å². The molecule has 11 unspecified atom stereocenters. The highest BCUT2D eigenvalue weighted by molar-refractivity contribution is 5.69. The third kappa shape index (κ3) is 31.7. The zero-order valence-electron chi connectivity index (χ0n) is 44.9. The Morgan fingerprint density at radius 2 is 0.903 bits per heavy atom. The van der Waals surface area contributed by atoms with Crippen LogP contribution in [0.25, 0.3) is 0 Å². The molecule has 2 aliphatic rings. The van der Waals surface area contributed by atoms with Crippen LogP contribution >= 0.6 is 0 Å². The molecule has 0 amide bonds. The van der Waals surface area contributed by atoms with Crippen molar-refractivity contribution >= 4 is 5.97 Å². The van der Waals surface area contributed by atoms with Gasteiger partial charge in [0.05, 0.1) is 26.4 Å². The van der Waals surface area contributed by atoms with E-state index in [2.05, 4.69) is 62.5 Å². The van der Waals surface area contributed by atoms with E-state index < -0.39 is 80.7 Å². The molecule has 0 saturated carbocycles. The van der Waals surface area contributed by atoms with E-state index in [0.717, 1.165) is 70.6 Å². The number of carbonyl (C=O) groups is 1. The second-order valence-corrected chi connectivity index (χ2v) is 20.1. The van der Waals surface area contributed by atoms with Crippen LogP contribution in [0.15, 0.2) is 48.6 Å². The number of esters is 1. The first kappa shape index (κ1) is 66.1. The quantitative estimate of drug-likeness (QED) is 0.0172. The van der Waals surface area contributed by atoms with Gasteiger partial charge in [-0.2, -0.15) is 0 Å². The maximum Gasteiger partial charge on any atom is 0.306 e. The topological polar surface area (TPSA) is 214 Å². The molecule has 420 valence electrons. The van der Waals surface area contributed by atoms with Gasteiger partial charge in [-0.15, -0.1) is 0 Å². The zero-order chi connectivity index (χ0) is 52.3. The molecular weight excluding hydrogens is 921 g/mol. The summed E-state index contributed by atoms with van der Waals surface area (Å²) in [6.45, 7) is 3.52. The van der Waals surface area contributed by atoms with E-state index in [0.29, 0.717) is 13.0 Å². The Kier molecular flexibility index (Phi) is 41.4. The normalized spacial score (nSPS) is 25.5. The molecule has 0 aromatic rings. The molecule has 0 radical (unpaired) electrons. The smallest absolute Gasteiger partial charge is 0.306 e. The highest BCUT2D eigenvalue weighted by Crippen LogP contribution is 2.27. The van der Waals surface area contributed by atoms with Crippen LogP contribution in [0, 0.1) is 0 Å². The molecule has 0 aromatic heterocycles. The van der Waals surface area contributed by atoms with Gasteiger partial charge in [0.25, 0.3) is 0 Å². The fourth-order valence-electron chi connectivity index (χ4n) is 8.98. The molecule has 2 fully saturated rings. The molecule has 14 heteroatoms. The summed E-state index contributed by atoms with van der Waals surface area (Å²) < 4.78 is 34.3. The number of carbonyl (C=O) groups excluding carboxylic acids is 1. The average molecular weight is 1030 g/mol. The number of ether oxygens (including phenoxy) is 6. The maximum absolute atomic E-state index is 13.1. The molecule has 2 aliphatic heterocycles. The van der Waals surface area contributed by atoms with Gasteiger partial charge >= 0.3 is 5.97 Å². The molecule has 7 N–H and O–H groups in total. The van der Waals surface area contributed by atoms with E-state index in [1.54, 1.807) is 0 Å². The van der Waals surface area contributed by atoms with Gasteiger partial charge < -0.3 is 64.2 Å². The number of allylic oxidation sites excluding steroid dienone is 8. The summed E-state index contributed by atoms with van der Waals surface area (Å²) in [4.78, 5) is 13.1. The molecule has 72 heavy (non-hydrogen) atoms. The van der Waals surface area contributed by atoms with Gasteiger partial charge in [-0.3, -0.25) is 4.79 Å². The van der Waals surface area contributed by atoms with Gasteiger partial charge in [0.2, 0.25) is 0 Å². The van der Waals surface area contributed by atoms with E-state index in [1.807, 2.05) is 0 Å². The Balaban J connectivity index is 1.72. The summed E-state index contributed by atoms with van der Waals surface area (Å²) in [5.41, 5.74) is 0. The minimum Gasteiger partial charge on any atom is -0.457 e. The Bertz CT molecular complexity index is 1370. The predicted octanol–water partition coefficient (Wildman–Crippen LogP) is 9.91. The van der Waals surface area contributed by atoms with E-state index in [-0.39, 0.29) is 25.6 Å². The first-order chi connectivity index (χ1) is 35.1. The number of rotatable bonds is 46. The summed E-state index contributed by atoms with van der Waals surface area (Å²) in [7, 11) is 0. The van der Waals surface area contributed by atoms with Crippen molar-refractivity contribution in [3.05, 3.63) is 48.6 Å². The minimum absolute atomic E-state index is 0.0413. The highest BCUT2D eigenvalue weighted by atomic mass is 16.7. The Morgan fingerprint density at radius 3 is 1.40 bits per heavy atom. The van der Waals surface area contributed by atoms with Crippen molar-refractivity contribution in [3.63, 3.8) is 0 Å². The van der Waals surface area contributed by atoms with Gasteiger partial charge in [-0.05, 0) is 51.4 Å². The van der Waals surface area contributed by atoms with Gasteiger partial charge in [-0.25, -0.2) is 0 Å². The van der Waals surface area contributed by atoms with E-state index in [9.17, 15) is 40.5 Å². The number of unbranched alkanes of at least 4 members (excludes halogenated alkanes) is 24. The average Bonchev–Trinajstić information content (AvgIpc) is 3.38. The number of hydrogen-bond donors (Lipinski definition) is 7. The second kappa shape index (κ2) is 45.2. The van der Waals surface area contributed by atoms with Gasteiger partial charge in [0.1, 0.15) is 54.9 Å². The summed E-state index contributed by atoms with van der Waals surface area (Å²) in [6, 6.07) is 0. The lowest BCUT2D eigenvalue weighted by atomic mass is 9.98. The van der Waals surface area contributed by atoms with Gasteiger partial charge in [-0.1, -0.05) is 204 Å². The molecule has 2 rings (SSSR count). The molecule has 0 bridgehead atoms. The molecule has 0 spiro atoms. The summed E-state index contributed by atoms with van der Waals surface area (Å²) in [6.07, 6.45) is 37.5. The molecule has 14 nitrogen and oxygen atoms in total. The summed E-state index contributed by atoms with van der Waals surface area (Å²) in [5, 5.41) is 72.3. The van der Waals surface area contributed by atoms with Crippen molar-refractivity contribution in [1.82, 2.24) is 0 Å². The number of aliphatic hydroxyl groups excluding tert-OH is 7. The van der Waals surface area contributed by atoms with Crippen molar-refractivity contribution < 1.29 is 69.0 Å². The van der Waals surface area contributed by atoms with Crippen molar-refractivity contribution in [2.24, 2.45) is 0 Å². The Labute approximate surface area is 435 Å². The molecule has 2 heterocycles. The fraction of sp³-hybridized carbons (Fsp3) is 0.845. The molecule has 0 aromatic carbocycles. The van der Waals surface area contributed by atoms with Crippen LogP contribution in [-0.4, -0.2) is 142 Å². The number of hydrogen-bond acceptors (Lipinski definition) is 14. The summed E-state index contributed by atoms with van der Waals surface area (Å²) in [5.74, 6) is -0.385. The van der Waals surface area contributed by atoms with Gasteiger partial charge in [0.15, 0.2) is 12.6 Å². The third-order valence-corrected chi connectivity index (χ3v) is 13.6. The van der Waals surface area contributed by atoms with Crippen LogP contribution in [0.3, 0.4) is 0 Å². The molecule has 0 aliphatic carbocycles. The highest BCUT2D eigenvalue weighted by Gasteiger charge is 2.47. The fourth-order valence-corrected chi connectivity index (χ4v) is 8.98. The first-order valence-electron chi connectivity index (χ1n) is 28.7. The summed E-state index contributed by atoms with van der Waals surface area (Å²) >= 11 is 0. The van der Waals surface area contributed by atoms with E-state index >= 15 is 0 Å². The van der Waals surface area contributed by atoms with Crippen molar-refractivity contribution in [2.45, 2.75) is 280 Å². The zero-order valence-corrected chi connectivity index (χ0v) is 44.9. The predicted molar refractivity (Wildman–Crippen MR) is 284 cm³/mol. The molecule has 2 saturated heterocycles. The largest absolute Gasteiger partial charge is 0.457 e. The molecular formula is C58H104O14.